The second-order valence-electron chi connectivity index (χ2n) is 8.12. The highest BCUT2D eigenvalue weighted by molar-refractivity contribution is 7.18. The van der Waals surface area contributed by atoms with Crippen molar-refractivity contribution in [2.45, 2.75) is 39.4 Å². The molecule has 2 aromatic carbocycles. The smallest absolute Gasteiger partial charge is 0.122 e. The van der Waals surface area contributed by atoms with Crippen LogP contribution in [0.4, 0.5) is 0 Å². The molecule has 160 valence electrons. The van der Waals surface area contributed by atoms with Crippen LogP contribution in [0, 0.1) is 13.8 Å². The number of para-hydroxylation sites is 1. The van der Waals surface area contributed by atoms with Crippen molar-refractivity contribution in [3.63, 3.8) is 0 Å². The highest BCUT2D eigenvalue weighted by atomic mass is 32.1. The molecule has 6 heteroatoms. The first-order chi connectivity index (χ1) is 14.6. The minimum absolute atomic E-state index is 0.219. The fourth-order valence-corrected chi connectivity index (χ4v) is 5.38. The number of thiazole rings is 1. The molecule has 1 aromatic heterocycles. The summed E-state index contributed by atoms with van der Waals surface area (Å²) >= 11 is 1.79. The van der Waals surface area contributed by atoms with Gasteiger partial charge in [0.2, 0.25) is 0 Å². The van der Waals surface area contributed by atoms with Gasteiger partial charge in [0.1, 0.15) is 10.8 Å². The van der Waals surface area contributed by atoms with Crippen molar-refractivity contribution in [3.05, 3.63) is 58.1 Å². The van der Waals surface area contributed by atoms with Crippen LogP contribution in [-0.2, 0) is 13.1 Å². The van der Waals surface area contributed by atoms with E-state index in [-0.39, 0.29) is 6.61 Å². The van der Waals surface area contributed by atoms with E-state index < -0.39 is 0 Å². The van der Waals surface area contributed by atoms with Gasteiger partial charge in [-0.1, -0.05) is 18.2 Å². The Kier molecular flexibility index (Phi) is 6.68. The molecule has 0 radical (unpaired) electrons. The second-order valence-corrected chi connectivity index (χ2v) is 9.24. The number of hydrogen-bond acceptors (Lipinski definition) is 6. The fraction of sp³-hybridized carbons (Fsp3) is 0.458. The van der Waals surface area contributed by atoms with Crippen LogP contribution in [0.25, 0.3) is 10.2 Å². The molecule has 1 N–H and O–H groups in total. The number of rotatable bonds is 7. The summed E-state index contributed by atoms with van der Waals surface area (Å²) in [6.07, 6.45) is 0.796. The van der Waals surface area contributed by atoms with Gasteiger partial charge in [-0.15, -0.1) is 11.3 Å². The standard InChI is InChI=1S/C24H31N3O2S/c1-17-18(2)22(29-3)9-8-19(17)14-27-12-11-26(15-20(27)10-13-28)16-24-25-21-6-4-5-7-23(21)30-24/h4-9,20,28H,10-16H2,1-3H3/t20-/m0/s1. The van der Waals surface area contributed by atoms with Gasteiger partial charge in [-0.05, 0) is 55.2 Å². The third-order valence-corrected chi connectivity index (χ3v) is 7.31. The van der Waals surface area contributed by atoms with E-state index in [0.717, 1.165) is 50.4 Å². The van der Waals surface area contributed by atoms with Crippen molar-refractivity contribution in [1.29, 1.82) is 0 Å². The maximum atomic E-state index is 9.67. The topological polar surface area (TPSA) is 48.8 Å². The first-order valence-corrected chi connectivity index (χ1v) is 11.5. The van der Waals surface area contributed by atoms with Crippen LogP contribution in [-0.4, -0.2) is 59.3 Å². The number of fused-ring (bicyclic) bond motifs is 1. The first kappa shape index (κ1) is 21.2. The summed E-state index contributed by atoms with van der Waals surface area (Å²) in [5.41, 5.74) is 4.95. The molecular weight excluding hydrogens is 394 g/mol. The van der Waals surface area contributed by atoms with Crippen molar-refractivity contribution in [3.8, 4) is 5.75 Å². The molecule has 0 aliphatic carbocycles. The zero-order chi connectivity index (χ0) is 21.1. The quantitative estimate of drug-likeness (QED) is 0.620. The number of ether oxygens (including phenoxy) is 1. The van der Waals surface area contributed by atoms with Gasteiger partial charge in [-0.2, -0.15) is 0 Å². The summed E-state index contributed by atoms with van der Waals surface area (Å²) in [6, 6.07) is 12.9. The Labute approximate surface area is 182 Å². The van der Waals surface area contributed by atoms with Crippen LogP contribution >= 0.6 is 11.3 Å². The van der Waals surface area contributed by atoms with Crippen LogP contribution in [0.2, 0.25) is 0 Å². The largest absolute Gasteiger partial charge is 0.496 e. The number of nitrogens with zero attached hydrogens (tertiary/aromatic N) is 3. The molecule has 1 fully saturated rings. The molecule has 0 spiro atoms. The van der Waals surface area contributed by atoms with E-state index in [2.05, 4.69) is 54.0 Å². The summed E-state index contributed by atoms with van der Waals surface area (Å²) in [7, 11) is 1.73. The van der Waals surface area contributed by atoms with Gasteiger partial charge in [0.05, 0.1) is 23.9 Å². The number of hydrogen-bond donors (Lipinski definition) is 1. The zero-order valence-corrected chi connectivity index (χ0v) is 18.9. The fourth-order valence-electron chi connectivity index (χ4n) is 4.37. The van der Waals surface area contributed by atoms with E-state index in [0.29, 0.717) is 6.04 Å². The Bertz CT molecular complexity index is 970. The van der Waals surface area contributed by atoms with Crippen molar-refractivity contribution < 1.29 is 9.84 Å². The Balaban J connectivity index is 1.44. The molecule has 2 heterocycles. The molecule has 30 heavy (non-hydrogen) atoms. The molecule has 4 rings (SSSR count). The molecule has 1 aliphatic heterocycles. The van der Waals surface area contributed by atoms with Gasteiger partial charge in [-0.3, -0.25) is 9.80 Å². The molecule has 0 amide bonds. The van der Waals surface area contributed by atoms with Crippen molar-refractivity contribution in [2.75, 3.05) is 33.4 Å². The van der Waals surface area contributed by atoms with E-state index in [1.807, 2.05) is 6.07 Å². The lowest BCUT2D eigenvalue weighted by atomic mass is 10.00. The summed E-state index contributed by atoms with van der Waals surface area (Å²) in [4.78, 5) is 9.82. The van der Waals surface area contributed by atoms with Crippen LogP contribution < -0.4 is 4.74 Å². The second kappa shape index (κ2) is 9.43. The minimum Gasteiger partial charge on any atom is -0.496 e. The third kappa shape index (κ3) is 4.52. The van der Waals surface area contributed by atoms with Gasteiger partial charge >= 0.3 is 0 Å². The summed E-state index contributed by atoms with van der Waals surface area (Å²) in [6.45, 7) is 9.30. The molecule has 0 saturated carbocycles. The molecule has 5 nitrogen and oxygen atoms in total. The molecule has 3 aromatic rings. The van der Waals surface area contributed by atoms with Gasteiger partial charge < -0.3 is 9.84 Å². The van der Waals surface area contributed by atoms with E-state index in [1.54, 1.807) is 18.4 Å². The molecule has 1 atom stereocenters. The van der Waals surface area contributed by atoms with Crippen LogP contribution in [0.5, 0.6) is 5.75 Å². The van der Waals surface area contributed by atoms with Gasteiger partial charge in [0.25, 0.3) is 0 Å². The zero-order valence-electron chi connectivity index (χ0n) is 18.1. The monoisotopic (exact) mass is 425 g/mol. The number of aliphatic hydroxyl groups excluding tert-OH is 1. The first-order valence-electron chi connectivity index (χ1n) is 10.6. The van der Waals surface area contributed by atoms with Crippen LogP contribution in [0.3, 0.4) is 0 Å². The number of aliphatic hydroxyl groups is 1. The molecule has 1 aliphatic rings. The lowest BCUT2D eigenvalue weighted by Gasteiger charge is -2.41. The van der Waals surface area contributed by atoms with Gasteiger partial charge in [0.15, 0.2) is 0 Å². The van der Waals surface area contributed by atoms with E-state index in [4.69, 9.17) is 9.72 Å². The number of piperazine rings is 1. The maximum Gasteiger partial charge on any atom is 0.122 e. The lowest BCUT2D eigenvalue weighted by molar-refractivity contribution is 0.0498. The Morgan fingerprint density at radius 1 is 1.10 bits per heavy atom. The number of methoxy groups -OCH3 is 1. The average molecular weight is 426 g/mol. The third-order valence-electron chi connectivity index (χ3n) is 6.29. The number of benzene rings is 2. The molecular formula is C24H31N3O2S. The summed E-state index contributed by atoms with van der Waals surface area (Å²) < 4.78 is 6.72. The highest BCUT2D eigenvalue weighted by Crippen LogP contribution is 2.27. The van der Waals surface area contributed by atoms with E-state index >= 15 is 0 Å². The van der Waals surface area contributed by atoms with E-state index in [1.165, 1.54) is 26.4 Å². The Morgan fingerprint density at radius 2 is 1.93 bits per heavy atom. The minimum atomic E-state index is 0.219. The lowest BCUT2D eigenvalue weighted by Crippen LogP contribution is -2.52. The molecule has 1 saturated heterocycles. The molecule has 0 unspecified atom stereocenters. The number of aromatic nitrogens is 1. The van der Waals surface area contributed by atoms with Crippen molar-refractivity contribution in [2.24, 2.45) is 0 Å². The predicted molar refractivity (Wildman–Crippen MR) is 123 cm³/mol. The van der Waals surface area contributed by atoms with Gasteiger partial charge in [0, 0.05) is 38.8 Å². The highest BCUT2D eigenvalue weighted by Gasteiger charge is 2.27. The van der Waals surface area contributed by atoms with Crippen molar-refractivity contribution in [1.82, 2.24) is 14.8 Å². The maximum absolute atomic E-state index is 9.67. The summed E-state index contributed by atoms with van der Waals surface area (Å²) in [5, 5.41) is 10.8. The van der Waals surface area contributed by atoms with Gasteiger partial charge in [-0.25, -0.2) is 4.98 Å². The molecule has 0 bridgehead atoms. The van der Waals surface area contributed by atoms with E-state index in [9.17, 15) is 5.11 Å². The van der Waals surface area contributed by atoms with Crippen molar-refractivity contribution >= 4 is 21.6 Å². The van der Waals surface area contributed by atoms with Crippen LogP contribution in [0.15, 0.2) is 36.4 Å². The summed E-state index contributed by atoms with van der Waals surface area (Å²) in [5.74, 6) is 0.948. The predicted octanol–water partition coefficient (Wildman–Crippen LogP) is 3.99. The SMILES string of the molecule is COc1ccc(CN2CCN(Cc3nc4ccccc4s3)C[C@@H]2CCO)c(C)c1C. The average Bonchev–Trinajstić information content (AvgIpc) is 3.16. The Morgan fingerprint density at radius 3 is 2.70 bits per heavy atom. The van der Waals surface area contributed by atoms with Crippen LogP contribution in [0.1, 0.15) is 28.1 Å². The Hall–Kier alpha value is -1.99. The normalized spacial score (nSPS) is 18.2.